The second-order valence-corrected chi connectivity index (χ2v) is 3.41. The quantitative estimate of drug-likeness (QED) is 0.683. The van der Waals surface area contributed by atoms with Crippen molar-refractivity contribution in [2.75, 3.05) is 39.3 Å². The van der Waals surface area contributed by atoms with E-state index in [2.05, 4.69) is 15.3 Å². The Bertz CT molecular complexity index is 291. The average molecular weight is 210 g/mol. The number of hydrogen-bond donors (Lipinski definition) is 1. The standard InChI is InChI=1S/C10H18N4O/c1-14(2)10-12-5-4-9(13-10)8-11-6-7-15-3/h4-5,11H,6-8H2,1-3H3. The molecule has 1 aromatic rings. The maximum Gasteiger partial charge on any atom is 0.225 e. The summed E-state index contributed by atoms with van der Waals surface area (Å²) < 4.78 is 4.94. The molecule has 0 unspecified atom stereocenters. The smallest absolute Gasteiger partial charge is 0.225 e. The molecule has 0 spiro atoms. The fourth-order valence-corrected chi connectivity index (χ4v) is 1.09. The minimum Gasteiger partial charge on any atom is -0.383 e. The van der Waals surface area contributed by atoms with Crippen LogP contribution in [0.1, 0.15) is 5.69 Å². The molecule has 0 amide bonds. The van der Waals surface area contributed by atoms with Crippen LogP contribution < -0.4 is 10.2 Å². The molecule has 5 heteroatoms. The van der Waals surface area contributed by atoms with Crippen LogP contribution in [0.15, 0.2) is 12.3 Å². The Morgan fingerprint density at radius 3 is 2.93 bits per heavy atom. The van der Waals surface area contributed by atoms with Gasteiger partial charge in [-0.3, -0.25) is 0 Å². The van der Waals surface area contributed by atoms with E-state index < -0.39 is 0 Å². The van der Waals surface area contributed by atoms with Gasteiger partial charge in [0.05, 0.1) is 12.3 Å². The highest BCUT2D eigenvalue weighted by atomic mass is 16.5. The molecular weight excluding hydrogens is 192 g/mol. The fraction of sp³-hybridized carbons (Fsp3) is 0.600. The van der Waals surface area contributed by atoms with E-state index in [1.54, 1.807) is 13.3 Å². The van der Waals surface area contributed by atoms with Gasteiger partial charge in [-0.2, -0.15) is 0 Å². The molecule has 84 valence electrons. The number of methoxy groups -OCH3 is 1. The van der Waals surface area contributed by atoms with Crippen LogP contribution in [-0.2, 0) is 11.3 Å². The lowest BCUT2D eigenvalue weighted by Gasteiger charge is -2.10. The van der Waals surface area contributed by atoms with E-state index in [-0.39, 0.29) is 0 Å². The van der Waals surface area contributed by atoms with Crippen LogP contribution in [-0.4, -0.2) is 44.3 Å². The maximum atomic E-state index is 4.94. The Hall–Kier alpha value is -1.20. The Morgan fingerprint density at radius 1 is 1.47 bits per heavy atom. The highest BCUT2D eigenvalue weighted by Gasteiger charge is 2.00. The van der Waals surface area contributed by atoms with Crippen molar-refractivity contribution >= 4 is 5.95 Å². The third-order valence-electron chi connectivity index (χ3n) is 1.89. The number of rotatable bonds is 6. The van der Waals surface area contributed by atoms with E-state index >= 15 is 0 Å². The van der Waals surface area contributed by atoms with E-state index in [1.165, 1.54) is 0 Å². The lowest BCUT2D eigenvalue weighted by atomic mass is 10.4. The summed E-state index contributed by atoms with van der Waals surface area (Å²) in [5, 5.41) is 3.23. The molecule has 1 N–H and O–H groups in total. The van der Waals surface area contributed by atoms with Crippen molar-refractivity contribution < 1.29 is 4.74 Å². The van der Waals surface area contributed by atoms with Crippen LogP contribution in [0.5, 0.6) is 0 Å². The summed E-state index contributed by atoms with van der Waals surface area (Å²) in [5.41, 5.74) is 0.991. The lowest BCUT2D eigenvalue weighted by molar-refractivity contribution is 0.199. The van der Waals surface area contributed by atoms with Crippen LogP contribution in [0.4, 0.5) is 5.95 Å². The van der Waals surface area contributed by atoms with Gasteiger partial charge in [-0.05, 0) is 6.07 Å². The molecule has 0 bridgehead atoms. The molecule has 0 aromatic carbocycles. The molecule has 0 saturated heterocycles. The van der Waals surface area contributed by atoms with E-state index in [9.17, 15) is 0 Å². The summed E-state index contributed by atoms with van der Waals surface area (Å²) in [6, 6.07) is 1.91. The summed E-state index contributed by atoms with van der Waals surface area (Å²) in [4.78, 5) is 10.4. The van der Waals surface area contributed by atoms with E-state index in [4.69, 9.17) is 4.74 Å². The summed E-state index contributed by atoms with van der Waals surface area (Å²) in [6.07, 6.45) is 1.77. The van der Waals surface area contributed by atoms with Crippen molar-refractivity contribution in [1.29, 1.82) is 0 Å². The van der Waals surface area contributed by atoms with E-state index in [0.29, 0.717) is 6.61 Å². The number of ether oxygens (including phenoxy) is 1. The van der Waals surface area contributed by atoms with Crippen molar-refractivity contribution in [2.45, 2.75) is 6.54 Å². The first-order valence-electron chi connectivity index (χ1n) is 4.93. The Labute approximate surface area is 90.5 Å². The highest BCUT2D eigenvalue weighted by molar-refractivity contribution is 5.26. The number of nitrogens with one attached hydrogen (secondary N) is 1. The zero-order chi connectivity index (χ0) is 11.1. The van der Waals surface area contributed by atoms with E-state index in [1.807, 2.05) is 25.1 Å². The van der Waals surface area contributed by atoms with Gasteiger partial charge in [-0.25, -0.2) is 9.97 Å². The van der Waals surface area contributed by atoms with Crippen molar-refractivity contribution in [1.82, 2.24) is 15.3 Å². The predicted octanol–water partition coefficient (Wildman–Crippen LogP) is 0.279. The first-order chi connectivity index (χ1) is 7.24. The van der Waals surface area contributed by atoms with Crippen molar-refractivity contribution in [3.8, 4) is 0 Å². The molecule has 0 aliphatic heterocycles. The zero-order valence-corrected chi connectivity index (χ0v) is 9.53. The first kappa shape index (κ1) is 11.9. The molecule has 1 rings (SSSR count). The van der Waals surface area contributed by atoms with Crippen LogP contribution in [0, 0.1) is 0 Å². The van der Waals surface area contributed by atoms with Gasteiger partial charge in [0, 0.05) is 40.5 Å². The van der Waals surface area contributed by atoms with Crippen molar-refractivity contribution in [2.24, 2.45) is 0 Å². The molecule has 0 radical (unpaired) electrons. The van der Waals surface area contributed by atoms with Gasteiger partial charge in [0.2, 0.25) is 5.95 Å². The maximum absolute atomic E-state index is 4.94. The highest BCUT2D eigenvalue weighted by Crippen LogP contribution is 2.02. The topological polar surface area (TPSA) is 50.3 Å². The Kier molecular flexibility index (Phi) is 5.00. The molecule has 1 heterocycles. The Morgan fingerprint density at radius 2 is 2.27 bits per heavy atom. The predicted molar refractivity (Wildman–Crippen MR) is 59.9 cm³/mol. The second kappa shape index (κ2) is 6.31. The van der Waals surface area contributed by atoms with Gasteiger partial charge in [0.25, 0.3) is 0 Å². The van der Waals surface area contributed by atoms with Gasteiger partial charge >= 0.3 is 0 Å². The third-order valence-corrected chi connectivity index (χ3v) is 1.89. The number of nitrogens with zero attached hydrogens (tertiary/aromatic N) is 3. The molecular formula is C10H18N4O. The summed E-state index contributed by atoms with van der Waals surface area (Å²) in [6.45, 7) is 2.29. The van der Waals surface area contributed by atoms with Crippen LogP contribution in [0.3, 0.4) is 0 Å². The minimum absolute atomic E-state index is 0.714. The molecule has 1 aromatic heterocycles. The number of hydrogen-bond acceptors (Lipinski definition) is 5. The van der Waals surface area contributed by atoms with Crippen LogP contribution in [0.25, 0.3) is 0 Å². The molecule has 0 fully saturated rings. The zero-order valence-electron chi connectivity index (χ0n) is 9.53. The molecule has 0 atom stereocenters. The summed E-state index contributed by atoms with van der Waals surface area (Å²) in [7, 11) is 5.55. The molecule has 0 saturated carbocycles. The van der Waals surface area contributed by atoms with Crippen molar-refractivity contribution in [3.63, 3.8) is 0 Å². The average Bonchev–Trinajstić information content (AvgIpc) is 2.25. The molecule has 0 aliphatic carbocycles. The summed E-state index contributed by atoms with van der Waals surface area (Å²) >= 11 is 0. The molecule has 15 heavy (non-hydrogen) atoms. The monoisotopic (exact) mass is 210 g/mol. The van der Waals surface area contributed by atoms with Gasteiger partial charge in [-0.15, -0.1) is 0 Å². The molecule has 0 aliphatic rings. The van der Waals surface area contributed by atoms with E-state index in [0.717, 1.165) is 24.7 Å². The number of aromatic nitrogens is 2. The van der Waals surface area contributed by atoms with Gasteiger partial charge < -0.3 is 15.0 Å². The van der Waals surface area contributed by atoms with Crippen LogP contribution in [0.2, 0.25) is 0 Å². The van der Waals surface area contributed by atoms with Gasteiger partial charge in [0.1, 0.15) is 0 Å². The Balaban J connectivity index is 2.43. The largest absolute Gasteiger partial charge is 0.383 e. The SMILES string of the molecule is COCCNCc1ccnc(N(C)C)n1. The second-order valence-electron chi connectivity index (χ2n) is 3.41. The van der Waals surface area contributed by atoms with Gasteiger partial charge in [-0.1, -0.05) is 0 Å². The fourth-order valence-electron chi connectivity index (χ4n) is 1.09. The lowest BCUT2D eigenvalue weighted by Crippen LogP contribution is -2.20. The normalized spacial score (nSPS) is 10.3. The van der Waals surface area contributed by atoms with Crippen LogP contribution >= 0.6 is 0 Å². The number of anilines is 1. The third kappa shape index (κ3) is 4.22. The minimum atomic E-state index is 0.714. The summed E-state index contributed by atoms with van der Waals surface area (Å²) in [5.74, 6) is 0.737. The van der Waals surface area contributed by atoms with Gasteiger partial charge in [0.15, 0.2) is 0 Å². The molecule has 5 nitrogen and oxygen atoms in total. The first-order valence-corrected chi connectivity index (χ1v) is 4.93. The van der Waals surface area contributed by atoms with Crippen molar-refractivity contribution in [3.05, 3.63) is 18.0 Å².